The van der Waals surface area contributed by atoms with Crippen LogP contribution in [0.4, 0.5) is 5.69 Å². The molecular weight excluding hydrogens is 400 g/mol. The summed E-state index contributed by atoms with van der Waals surface area (Å²) in [5.74, 6) is 2.26. The average molecular weight is 431 g/mol. The molecule has 0 aromatic heterocycles. The molecule has 0 radical (unpaired) electrons. The van der Waals surface area contributed by atoms with Gasteiger partial charge < -0.3 is 29.2 Å². The smallest absolute Gasteiger partial charge is 0.173 e. The van der Waals surface area contributed by atoms with E-state index in [0.29, 0.717) is 29.8 Å². The second-order valence-corrected chi connectivity index (χ2v) is 7.48. The number of benzene rings is 2. The van der Waals surface area contributed by atoms with Crippen LogP contribution in [0.25, 0.3) is 0 Å². The second-order valence-electron chi connectivity index (χ2n) is 7.09. The van der Waals surface area contributed by atoms with Gasteiger partial charge in [-0.1, -0.05) is 6.07 Å². The van der Waals surface area contributed by atoms with Crippen molar-refractivity contribution in [2.75, 3.05) is 39.3 Å². The number of thiocarbonyl (C=S) groups is 1. The minimum atomic E-state index is 0.185. The lowest BCUT2D eigenvalue weighted by Gasteiger charge is -2.28. The van der Waals surface area contributed by atoms with E-state index in [0.717, 1.165) is 43.0 Å². The summed E-state index contributed by atoms with van der Waals surface area (Å²) in [7, 11) is 3.28. The first kappa shape index (κ1) is 22.2. The summed E-state index contributed by atoms with van der Waals surface area (Å²) in [5.41, 5.74) is 2.01. The molecule has 30 heavy (non-hydrogen) atoms. The Morgan fingerprint density at radius 1 is 1.13 bits per heavy atom. The third-order valence-electron chi connectivity index (χ3n) is 4.97. The molecule has 1 aliphatic rings. The first-order valence-corrected chi connectivity index (χ1v) is 10.6. The van der Waals surface area contributed by atoms with E-state index in [1.165, 1.54) is 0 Å². The first-order chi connectivity index (χ1) is 14.6. The van der Waals surface area contributed by atoms with Crippen molar-refractivity contribution in [3.05, 3.63) is 48.0 Å². The quantitative estimate of drug-likeness (QED) is 0.589. The predicted molar refractivity (Wildman–Crippen MR) is 123 cm³/mol. The van der Waals surface area contributed by atoms with E-state index < -0.39 is 0 Å². The molecule has 6 nitrogen and oxygen atoms in total. The van der Waals surface area contributed by atoms with Gasteiger partial charge in [-0.15, -0.1) is 0 Å². The predicted octanol–water partition coefficient (Wildman–Crippen LogP) is 4.48. The maximum atomic E-state index is 5.86. The number of nitrogens with one attached hydrogen (secondary N) is 1. The highest BCUT2D eigenvalue weighted by molar-refractivity contribution is 7.80. The Balaban J connectivity index is 1.73. The highest BCUT2D eigenvalue weighted by Gasteiger charge is 2.21. The van der Waals surface area contributed by atoms with E-state index in [2.05, 4.69) is 10.2 Å². The van der Waals surface area contributed by atoms with Crippen molar-refractivity contribution < 1.29 is 18.9 Å². The van der Waals surface area contributed by atoms with Crippen LogP contribution in [0.1, 0.15) is 25.3 Å². The first-order valence-electron chi connectivity index (χ1n) is 10.2. The van der Waals surface area contributed by atoms with Crippen molar-refractivity contribution in [1.29, 1.82) is 0 Å². The molecule has 7 heteroatoms. The summed E-state index contributed by atoms with van der Waals surface area (Å²) in [6.07, 6.45) is 2.33. The van der Waals surface area contributed by atoms with Gasteiger partial charge in [0.2, 0.25) is 0 Å². The monoisotopic (exact) mass is 430 g/mol. The topological polar surface area (TPSA) is 52.2 Å². The minimum absolute atomic E-state index is 0.185. The van der Waals surface area contributed by atoms with Gasteiger partial charge in [-0.25, -0.2) is 0 Å². The fraction of sp³-hybridized carbons (Fsp3) is 0.435. The maximum absolute atomic E-state index is 5.86. The summed E-state index contributed by atoms with van der Waals surface area (Å²) in [6, 6.07) is 13.8. The molecule has 1 fully saturated rings. The number of ether oxygens (including phenoxy) is 4. The van der Waals surface area contributed by atoms with Gasteiger partial charge in [0.25, 0.3) is 0 Å². The SMILES string of the molecule is CCOc1ccc(NC(=S)N(Cc2ccc(OC)c(OC)c2)CC2CCCO2)cc1. The van der Waals surface area contributed by atoms with Crippen LogP contribution in [0.5, 0.6) is 17.2 Å². The van der Waals surface area contributed by atoms with Crippen LogP contribution in [0, 0.1) is 0 Å². The van der Waals surface area contributed by atoms with Crippen molar-refractivity contribution in [3.63, 3.8) is 0 Å². The van der Waals surface area contributed by atoms with E-state index in [1.807, 2.05) is 49.4 Å². The summed E-state index contributed by atoms with van der Waals surface area (Å²) in [4.78, 5) is 2.14. The molecule has 1 saturated heterocycles. The van der Waals surface area contributed by atoms with Crippen molar-refractivity contribution >= 4 is 23.0 Å². The molecule has 3 rings (SSSR count). The van der Waals surface area contributed by atoms with Crippen LogP contribution in [0.2, 0.25) is 0 Å². The Hall–Kier alpha value is -2.51. The van der Waals surface area contributed by atoms with Gasteiger partial charge in [-0.05, 0) is 73.9 Å². The Morgan fingerprint density at radius 2 is 1.90 bits per heavy atom. The van der Waals surface area contributed by atoms with Gasteiger partial charge in [0.15, 0.2) is 16.6 Å². The van der Waals surface area contributed by atoms with E-state index in [4.69, 9.17) is 31.2 Å². The van der Waals surface area contributed by atoms with Gasteiger partial charge in [-0.3, -0.25) is 0 Å². The van der Waals surface area contributed by atoms with Crippen molar-refractivity contribution in [1.82, 2.24) is 4.90 Å². The van der Waals surface area contributed by atoms with Gasteiger partial charge in [0.1, 0.15) is 5.75 Å². The zero-order valence-electron chi connectivity index (χ0n) is 17.8. The molecule has 0 saturated carbocycles. The van der Waals surface area contributed by atoms with Gasteiger partial charge in [0.05, 0.1) is 26.9 Å². The Bertz CT molecular complexity index is 822. The van der Waals surface area contributed by atoms with Crippen molar-refractivity contribution in [2.45, 2.75) is 32.4 Å². The molecule has 162 valence electrons. The van der Waals surface area contributed by atoms with Crippen LogP contribution in [0.3, 0.4) is 0 Å². The van der Waals surface area contributed by atoms with Crippen LogP contribution < -0.4 is 19.5 Å². The molecule has 1 heterocycles. The molecule has 1 N–H and O–H groups in total. The molecule has 1 atom stereocenters. The van der Waals surface area contributed by atoms with Crippen LogP contribution in [-0.2, 0) is 11.3 Å². The summed E-state index contributed by atoms with van der Waals surface area (Å²) < 4.78 is 22.2. The molecule has 2 aromatic carbocycles. The highest BCUT2D eigenvalue weighted by atomic mass is 32.1. The lowest BCUT2D eigenvalue weighted by atomic mass is 10.1. The third kappa shape index (κ3) is 6.00. The lowest BCUT2D eigenvalue weighted by Crippen LogP contribution is -2.39. The van der Waals surface area contributed by atoms with Gasteiger partial charge in [0, 0.05) is 25.4 Å². The number of hydrogen-bond acceptors (Lipinski definition) is 5. The molecule has 0 amide bonds. The van der Waals surface area contributed by atoms with Crippen molar-refractivity contribution in [2.24, 2.45) is 0 Å². The molecule has 1 aliphatic heterocycles. The zero-order valence-corrected chi connectivity index (χ0v) is 18.7. The maximum Gasteiger partial charge on any atom is 0.173 e. The van der Waals surface area contributed by atoms with Gasteiger partial charge in [-0.2, -0.15) is 0 Å². The number of rotatable bonds is 9. The molecule has 2 aromatic rings. The van der Waals surface area contributed by atoms with E-state index >= 15 is 0 Å². The normalized spacial score (nSPS) is 15.5. The number of methoxy groups -OCH3 is 2. The number of hydrogen-bond donors (Lipinski definition) is 1. The fourth-order valence-electron chi connectivity index (χ4n) is 3.46. The highest BCUT2D eigenvalue weighted by Crippen LogP contribution is 2.28. The Labute approximate surface area is 184 Å². The Kier molecular flexibility index (Phi) is 8.16. The average Bonchev–Trinajstić information content (AvgIpc) is 3.28. The molecule has 0 spiro atoms. The van der Waals surface area contributed by atoms with Crippen molar-refractivity contribution in [3.8, 4) is 17.2 Å². The second kappa shape index (κ2) is 11.0. The summed E-state index contributed by atoms with van der Waals surface area (Å²) in [6.45, 7) is 4.80. The molecule has 0 bridgehead atoms. The van der Waals surface area contributed by atoms with Crippen LogP contribution in [0.15, 0.2) is 42.5 Å². The number of nitrogens with zero attached hydrogens (tertiary/aromatic N) is 1. The minimum Gasteiger partial charge on any atom is -0.494 e. The fourth-order valence-corrected chi connectivity index (χ4v) is 3.71. The summed E-state index contributed by atoms with van der Waals surface area (Å²) in [5, 5.41) is 4.00. The van der Waals surface area contributed by atoms with E-state index in [9.17, 15) is 0 Å². The number of anilines is 1. The Morgan fingerprint density at radius 3 is 2.53 bits per heavy atom. The third-order valence-corrected chi connectivity index (χ3v) is 5.33. The lowest BCUT2D eigenvalue weighted by molar-refractivity contribution is 0.0905. The molecular formula is C23H30N2O4S. The van der Waals surface area contributed by atoms with Crippen LogP contribution in [-0.4, -0.2) is 50.1 Å². The molecule has 0 aliphatic carbocycles. The van der Waals surface area contributed by atoms with Crippen LogP contribution >= 0.6 is 12.2 Å². The largest absolute Gasteiger partial charge is 0.494 e. The van der Waals surface area contributed by atoms with E-state index in [-0.39, 0.29) is 6.10 Å². The summed E-state index contributed by atoms with van der Waals surface area (Å²) >= 11 is 5.76. The standard InChI is InChI=1S/C23H30N2O4S/c1-4-28-19-10-8-18(9-11-19)24-23(30)25(16-20-6-5-13-29-20)15-17-7-12-21(26-2)22(14-17)27-3/h7-12,14,20H,4-6,13,15-16H2,1-3H3,(H,24,30). The van der Waals surface area contributed by atoms with E-state index in [1.54, 1.807) is 14.2 Å². The molecule has 1 unspecified atom stereocenters. The van der Waals surface area contributed by atoms with Gasteiger partial charge >= 0.3 is 0 Å². The zero-order chi connectivity index (χ0) is 21.3.